The molecule has 1 aliphatic rings. The van der Waals surface area contributed by atoms with Crippen LogP contribution in [0.1, 0.15) is 68.1 Å². The van der Waals surface area contributed by atoms with Gasteiger partial charge in [-0.3, -0.25) is 4.79 Å². The van der Waals surface area contributed by atoms with E-state index < -0.39 is 10.7 Å². The van der Waals surface area contributed by atoms with Crippen LogP contribution in [-0.2, 0) is 15.5 Å². The highest BCUT2D eigenvalue weighted by Gasteiger charge is 2.25. The van der Waals surface area contributed by atoms with Gasteiger partial charge in [0.15, 0.2) is 5.65 Å². The Hall–Kier alpha value is -3.20. The number of hydrogen-bond donors (Lipinski definition) is 2. The fourth-order valence-electron chi connectivity index (χ4n) is 5.52. The van der Waals surface area contributed by atoms with Crippen LogP contribution < -0.4 is 0 Å². The number of aromatic nitrogens is 4. The van der Waals surface area contributed by atoms with Crippen molar-refractivity contribution in [3.8, 4) is 11.3 Å². The molecule has 1 fully saturated rings. The highest BCUT2D eigenvalue weighted by atomic mass is 32.2. The van der Waals surface area contributed by atoms with Gasteiger partial charge in [0.1, 0.15) is 17.0 Å². The second-order valence-electron chi connectivity index (χ2n) is 10.1. The zero-order chi connectivity index (χ0) is 25.4. The van der Waals surface area contributed by atoms with E-state index in [1.165, 1.54) is 16.5 Å². The summed E-state index contributed by atoms with van der Waals surface area (Å²) < 4.78 is 23.3. The van der Waals surface area contributed by atoms with E-state index in [1.54, 1.807) is 6.33 Å². The van der Waals surface area contributed by atoms with Crippen LogP contribution in [0, 0.1) is 6.92 Å². The van der Waals surface area contributed by atoms with Crippen molar-refractivity contribution in [2.45, 2.75) is 58.3 Å². The highest BCUT2D eigenvalue weighted by Crippen LogP contribution is 2.38. The van der Waals surface area contributed by atoms with Gasteiger partial charge in [-0.15, -0.1) is 0 Å². The lowest BCUT2D eigenvalue weighted by atomic mass is 9.87. The first-order valence-electron chi connectivity index (χ1n) is 12.7. The van der Waals surface area contributed by atoms with Crippen molar-refractivity contribution in [1.29, 1.82) is 0 Å². The molecule has 4 heterocycles. The van der Waals surface area contributed by atoms with Crippen LogP contribution >= 0.6 is 0 Å². The summed E-state index contributed by atoms with van der Waals surface area (Å²) in [5.74, 6) is 0.889. The van der Waals surface area contributed by atoms with Crippen LogP contribution in [0.2, 0.25) is 0 Å². The zero-order valence-electron chi connectivity index (χ0n) is 21.0. The first-order valence-corrected chi connectivity index (χ1v) is 14.0. The monoisotopic (exact) mass is 507 g/mol. The molecule has 0 atom stereocenters. The Morgan fingerprint density at radius 2 is 1.97 bits per heavy atom. The second kappa shape index (κ2) is 10.0. The average Bonchev–Trinajstić information content (AvgIpc) is 3.48. The first kappa shape index (κ1) is 24.5. The summed E-state index contributed by atoms with van der Waals surface area (Å²) in [4.78, 5) is 22.4. The predicted molar refractivity (Wildman–Crippen MR) is 142 cm³/mol. The fraction of sp³-hybridized carbons (Fsp3) is 0.444. The molecule has 36 heavy (non-hydrogen) atoms. The van der Waals surface area contributed by atoms with Gasteiger partial charge in [-0.25, -0.2) is 17.9 Å². The Bertz CT molecular complexity index is 1480. The SMILES string of the molecule is Cc1cc(-c2[nH]c3ccc(C4CCN(C(=O)CCC[SH](=O)=O)CC4)cc3c2C(C)C)cn2ncnc12. The molecule has 1 saturated heterocycles. The van der Waals surface area contributed by atoms with Gasteiger partial charge in [0, 0.05) is 47.9 Å². The van der Waals surface area contributed by atoms with Crippen molar-refractivity contribution in [1.82, 2.24) is 24.5 Å². The van der Waals surface area contributed by atoms with E-state index in [2.05, 4.69) is 60.1 Å². The van der Waals surface area contributed by atoms with Crippen LogP contribution in [0.4, 0.5) is 0 Å². The van der Waals surface area contributed by atoms with Crippen LogP contribution in [0.15, 0.2) is 36.8 Å². The minimum Gasteiger partial charge on any atom is -0.354 e. The van der Waals surface area contributed by atoms with Gasteiger partial charge in [-0.1, -0.05) is 19.9 Å². The maximum atomic E-state index is 12.5. The van der Waals surface area contributed by atoms with Gasteiger partial charge < -0.3 is 9.88 Å². The van der Waals surface area contributed by atoms with Crippen LogP contribution in [0.3, 0.4) is 0 Å². The van der Waals surface area contributed by atoms with Gasteiger partial charge in [0.2, 0.25) is 5.91 Å². The molecular formula is C27H33N5O3S. The van der Waals surface area contributed by atoms with Crippen molar-refractivity contribution in [3.63, 3.8) is 0 Å². The number of fused-ring (bicyclic) bond motifs is 2. The maximum absolute atomic E-state index is 12.5. The average molecular weight is 508 g/mol. The normalized spacial score (nSPS) is 15.1. The lowest BCUT2D eigenvalue weighted by molar-refractivity contribution is -0.132. The number of aromatic amines is 1. The molecule has 0 unspecified atom stereocenters. The third kappa shape index (κ3) is 4.76. The van der Waals surface area contributed by atoms with Gasteiger partial charge in [0.25, 0.3) is 0 Å². The summed E-state index contributed by atoms with van der Waals surface area (Å²) in [6.45, 7) is 7.96. The molecule has 1 aliphatic heterocycles. The lowest BCUT2D eigenvalue weighted by Crippen LogP contribution is -2.37. The van der Waals surface area contributed by atoms with E-state index >= 15 is 0 Å². The number of rotatable bonds is 7. The number of carbonyl (C=O) groups excluding carboxylic acids is 1. The van der Waals surface area contributed by atoms with Crippen molar-refractivity contribution in [3.05, 3.63) is 53.5 Å². The zero-order valence-corrected chi connectivity index (χ0v) is 21.9. The lowest BCUT2D eigenvalue weighted by Gasteiger charge is -2.32. The van der Waals surface area contributed by atoms with Crippen molar-refractivity contribution in [2.75, 3.05) is 18.8 Å². The number of piperidine rings is 1. The molecule has 1 amide bonds. The number of amides is 1. The standard InChI is InChI=1S/C27H33N5O3S/c1-17(2)25-22-14-20(19-8-10-31(11-9-19)24(33)5-4-12-36(34)35)6-7-23(22)30-26(25)21-13-18(3)27-28-16-29-32(27)15-21/h6-7,13-17,19,30,36H,4-5,8-12H2,1-3H3. The number of nitrogens with one attached hydrogen (secondary N) is 1. The maximum Gasteiger partial charge on any atom is 0.222 e. The molecule has 9 heteroatoms. The molecule has 0 spiro atoms. The summed E-state index contributed by atoms with van der Waals surface area (Å²) in [7, 11) is -2.41. The Kier molecular flexibility index (Phi) is 6.83. The molecule has 0 saturated carbocycles. The number of likely N-dealkylation sites (tertiary alicyclic amines) is 1. The molecule has 190 valence electrons. The third-order valence-electron chi connectivity index (χ3n) is 7.34. The Morgan fingerprint density at radius 1 is 1.19 bits per heavy atom. The van der Waals surface area contributed by atoms with Crippen molar-refractivity contribution < 1.29 is 13.2 Å². The van der Waals surface area contributed by atoms with E-state index in [-0.39, 0.29) is 11.7 Å². The first-order chi connectivity index (χ1) is 17.3. The summed E-state index contributed by atoms with van der Waals surface area (Å²) in [5, 5.41) is 5.60. The van der Waals surface area contributed by atoms with E-state index in [1.807, 2.05) is 15.6 Å². The number of nitrogens with zero attached hydrogens (tertiary/aromatic N) is 4. The number of hydrogen-bond acceptors (Lipinski definition) is 5. The number of aryl methyl sites for hydroxylation is 1. The molecule has 5 rings (SSSR count). The Labute approximate surface area is 212 Å². The minimum atomic E-state index is -2.41. The van der Waals surface area contributed by atoms with Crippen LogP contribution in [0.25, 0.3) is 27.8 Å². The van der Waals surface area contributed by atoms with Gasteiger partial charge >= 0.3 is 0 Å². The van der Waals surface area contributed by atoms with Gasteiger partial charge in [-0.05, 0) is 72.9 Å². The van der Waals surface area contributed by atoms with E-state index in [0.29, 0.717) is 24.7 Å². The van der Waals surface area contributed by atoms with E-state index in [0.717, 1.165) is 53.9 Å². The number of H-pyrrole nitrogens is 1. The number of pyridine rings is 1. The molecule has 0 bridgehead atoms. The van der Waals surface area contributed by atoms with Gasteiger partial charge in [-0.2, -0.15) is 5.10 Å². The van der Waals surface area contributed by atoms with E-state index in [4.69, 9.17) is 0 Å². The van der Waals surface area contributed by atoms with Crippen molar-refractivity contribution >= 4 is 33.2 Å². The minimum absolute atomic E-state index is 0.0674. The molecule has 1 N–H and O–H groups in total. The molecule has 3 aromatic heterocycles. The Morgan fingerprint density at radius 3 is 2.69 bits per heavy atom. The molecule has 1 aromatic carbocycles. The second-order valence-corrected chi connectivity index (χ2v) is 11.2. The molecule has 8 nitrogen and oxygen atoms in total. The quantitative estimate of drug-likeness (QED) is 0.361. The number of carbonyl (C=O) groups is 1. The largest absolute Gasteiger partial charge is 0.354 e. The molecule has 0 aliphatic carbocycles. The molecular weight excluding hydrogens is 474 g/mol. The van der Waals surface area contributed by atoms with Crippen LogP contribution in [0.5, 0.6) is 0 Å². The van der Waals surface area contributed by atoms with Crippen LogP contribution in [-0.4, -0.2) is 57.6 Å². The summed E-state index contributed by atoms with van der Waals surface area (Å²) >= 11 is 0. The predicted octanol–water partition coefficient (Wildman–Crippen LogP) is 4.41. The fourth-order valence-corrected chi connectivity index (χ4v) is 5.94. The third-order valence-corrected chi connectivity index (χ3v) is 8.02. The summed E-state index contributed by atoms with van der Waals surface area (Å²) in [5.41, 5.74) is 7.91. The number of thiol groups is 1. The van der Waals surface area contributed by atoms with E-state index in [9.17, 15) is 13.2 Å². The van der Waals surface area contributed by atoms with Gasteiger partial charge in [0.05, 0.1) is 5.69 Å². The Balaban J connectivity index is 1.39. The molecule has 4 aromatic rings. The molecule has 0 radical (unpaired) electrons. The highest BCUT2D eigenvalue weighted by molar-refractivity contribution is 7.72. The number of benzene rings is 1. The summed E-state index contributed by atoms with van der Waals surface area (Å²) in [6, 6.07) is 8.90. The van der Waals surface area contributed by atoms with Crippen molar-refractivity contribution in [2.24, 2.45) is 0 Å². The smallest absolute Gasteiger partial charge is 0.222 e. The summed E-state index contributed by atoms with van der Waals surface area (Å²) in [6.07, 6.45) is 6.18. The topological polar surface area (TPSA) is 100 Å².